The predicted octanol–water partition coefficient (Wildman–Crippen LogP) is 3.23. The van der Waals surface area contributed by atoms with Crippen molar-refractivity contribution in [3.63, 3.8) is 0 Å². The lowest BCUT2D eigenvalue weighted by molar-refractivity contribution is -0.132. The standard InChI is InChI=1S/C19H29N3O2/c1-13(2)10-21(11-14(3)4)18(24)12-22-17-9-7-6-8-16(17)20-19(22)15(5)23/h6-9,13-15,23H,10-12H2,1-5H3/t15-/m1/s1. The van der Waals surface area contributed by atoms with E-state index in [2.05, 4.69) is 32.7 Å². The highest BCUT2D eigenvalue weighted by Crippen LogP contribution is 2.21. The summed E-state index contributed by atoms with van der Waals surface area (Å²) in [4.78, 5) is 19.3. The normalized spacial score (nSPS) is 13.0. The van der Waals surface area contributed by atoms with E-state index in [-0.39, 0.29) is 12.5 Å². The van der Waals surface area contributed by atoms with Gasteiger partial charge in [-0.05, 0) is 30.9 Å². The van der Waals surface area contributed by atoms with E-state index in [9.17, 15) is 9.90 Å². The van der Waals surface area contributed by atoms with Gasteiger partial charge in [0.1, 0.15) is 18.5 Å². The highest BCUT2D eigenvalue weighted by atomic mass is 16.3. The third kappa shape index (κ3) is 4.35. The monoisotopic (exact) mass is 331 g/mol. The van der Waals surface area contributed by atoms with Crippen LogP contribution in [0.25, 0.3) is 11.0 Å². The summed E-state index contributed by atoms with van der Waals surface area (Å²) in [7, 11) is 0. The zero-order chi connectivity index (χ0) is 17.9. The smallest absolute Gasteiger partial charge is 0.242 e. The van der Waals surface area contributed by atoms with Crippen LogP contribution in [0.15, 0.2) is 24.3 Å². The Morgan fingerprint density at radius 1 is 1.12 bits per heavy atom. The number of hydrogen-bond acceptors (Lipinski definition) is 3. The number of carbonyl (C=O) groups is 1. The van der Waals surface area contributed by atoms with Crippen LogP contribution in [0.5, 0.6) is 0 Å². The molecule has 0 aliphatic heterocycles. The molecule has 2 aromatic rings. The SMILES string of the molecule is CC(C)CN(CC(C)C)C(=O)Cn1c([C@@H](C)O)nc2ccccc21. The number of rotatable bonds is 7. The van der Waals surface area contributed by atoms with Gasteiger partial charge in [0, 0.05) is 13.1 Å². The van der Waals surface area contributed by atoms with Crippen molar-refractivity contribution in [2.75, 3.05) is 13.1 Å². The highest BCUT2D eigenvalue weighted by Gasteiger charge is 2.21. The fraction of sp³-hybridized carbons (Fsp3) is 0.579. The first-order chi connectivity index (χ1) is 11.3. The van der Waals surface area contributed by atoms with Crippen molar-refractivity contribution in [3.05, 3.63) is 30.1 Å². The average Bonchev–Trinajstić information content (AvgIpc) is 2.85. The van der Waals surface area contributed by atoms with Crippen molar-refractivity contribution in [2.45, 2.75) is 47.3 Å². The lowest BCUT2D eigenvalue weighted by Crippen LogP contribution is -2.39. The molecule has 5 nitrogen and oxygen atoms in total. The highest BCUT2D eigenvalue weighted by molar-refractivity contribution is 5.81. The molecule has 1 heterocycles. The second-order valence-electron chi connectivity index (χ2n) is 7.31. The molecule has 5 heteroatoms. The third-order valence-corrected chi connectivity index (χ3v) is 3.87. The summed E-state index contributed by atoms with van der Waals surface area (Å²) in [5.41, 5.74) is 1.69. The van der Waals surface area contributed by atoms with Crippen molar-refractivity contribution in [1.29, 1.82) is 0 Å². The summed E-state index contributed by atoms with van der Waals surface area (Å²) in [5.74, 6) is 1.45. The van der Waals surface area contributed by atoms with Crippen LogP contribution in [-0.2, 0) is 11.3 Å². The van der Waals surface area contributed by atoms with Gasteiger partial charge in [0.2, 0.25) is 5.91 Å². The third-order valence-electron chi connectivity index (χ3n) is 3.87. The zero-order valence-electron chi connectivity index (χ0n) is 15.4. The van der Waals surface area contributed by atoms with Gasteiger partial charge in [0.05, 0.1) is 11.0 Å². The Labute approximate surface area is 144 Å². The van der Waals surface area contributed by atoms with E-state index in [1.807, 2.05) is 33.7 Å². The average molecular weight is 331 g/mol. The minimum atomic E-state index is -0.714. The number of aliphatic hydroxyl groups is 1. The van der Waals surface area contributed by atoms with Gasteiger partial charge in [-0.2, -0.15) is 0 Å². The molecule has 24 heavy (non-hydrogen) atoms. The fourth-order valence-corrected chi connectivity index (χ4v) is 2.97. The maximum absolute atomic E-state index is 12.9. The lowest BCUT2D eigenvalue weighted by atomic mass is 10.1. The van der Waals surface area contributed by atoms with E-state index < -0.39 is 6.10 Å². The lowest BCUT2D eigenvalue weighted by Gasteiger charge is -2.27. The Bertz CT molecular complexity index is 679. The van der Waals surface area contributed by atoms with E-state index in [0.717, 1.165) is 24.1 Å². The molecule has 1 aromatic carbocycles. The van der Waals surface area contributed by atoms with Gasteiger partial charge in [-0.15, -0.1) is 0 Å². The van der Waals surface area contributed by atoms with Crippen LogP contribution in [0.4, 0.5) is 0 Å². The molecule has 0 aliphatic carbocycles. The number of imidazole rings is 1. The first kappa shape index (κ1) is 18.5. The number of aliphatic hydroxyl groups excluding tert-OH is 1. The number of hydrogen-bond donors (Lipinski definition) is 1. The fourth-order valence-electron chi connectivity index (χ4n) is 2.97. The van der Waals surface area contributed by atoms with Crippen LogP contribution >= 0.6 is 0 Å². The maximum Gasteiger partial charge on any atom is 0.242 e. The number of fused-ring (bicyclic) bond motifs is 1. The second-order valence-corrected chi connectivity index (χ2v) is 7.31. The number of carbonyl (C=O) groups excluding carboxylic acids is 1. The number of para-hydroxylation sites is 2. The molecule has 1 atom stereocenters. The molecule has 1 N–H and O–H groups in total. The molecular formula is C19H29N3O2. The summed E-state index contributed by atoms with van der Waals surface area (Å²) in [6.07, 6.45) is -0.714. The molecular weight excluding hydrogens is 302 g/mol. The van der Waals surface area contributed by atoms with Gasteiger partial charge in [-0.1, -0.05) is 39.8 Å². The minimum Gasteiger partial charge on any atom is -0.385 e. The van der Waals surface area contributed by atoms with Crippen LogP contribution in [-0.4, -0.2) is 38.6 Å². The van der Waals surface area contributed by atoms with Crippen molar-refractivity contribution >= 4 is 16.9 Å². The second kappa shape index (κ2) is 7.79. The topological polar surface area (TPSA) is 58.4 Å². The molecule has 0 fully saturated rings. The summed E-state index contributed by atoms with van der Waals surface area (Å²) in [6, 6.07) is 7.69. The molecule has 0 saturated heterocycles. The Morgan fingerprint density at radius 3 is 2.25 bits per heavy atom. The van der Waals surface area contributed by atoms with Gasteiger partial charge in [0.25, 0.3) is 0 Å². The van der Waals surface area contributed by atoms with Crippen molar-refractivity contribution in [1.82, 2.24) is 14.5 Å². The molecule has 0 saturated carbocycles. The van der Waals surface area contributed by atoms with E-state index in [4.69, 9.17) is 0 Å². The van der Waals surface area contributed by atoms with Crippen molar-refractivity contribution in [2.24, 2.45) is 11.8 Å². The molecule has 2 rings (SSSR count). The van der Waals surface area contributed by atoms with Crippen molar-refractivity contribution in [3.8, 4) is 0 Å². The van der Waals surface area contributed by atoms with Crippen molar-refractivity contribution < 1.29 is 9.90 Å². The largest absolute Gasteiger partial charge is 0.385 e. The van der Waals surface area contributed by atoms with E-state index in [1.165, 1.54) is 0 Å². The summed E-state index contributed by atoms with van der Waals surface area (Å²) >= 11 is 0. The van der Waals surface area contributed by atoms with Crippen LogP contribution in [0.3, 0.4) is 0 Å². The molecule has 132 valence electrons. The first-order valence-corrected chi connectivity index (χ1v) is 8.70. The zero-order valence-corrected chi connectivity index (χ0v) is 15.4. The number of aromatic nitrogens is 2. The van der Waals surface area contributed by atoms with Gasteiger partial charge >= 0.3 is 0 Å². The van der Waals surface area contributed by atoms with Gasteiger partial charge < -0.3 is 14.6 Å². The molecule has 0 bridgehead atoms. The molecule has 1 amide bonds. The van der Waals surface area contributed by atoms with Gasteiger partial charge in [0.15, 0.2) is 0 Å². The van der Waals surface area contributed by atoms with Crippen LogP contribution < -0.4 is 0 Å². The number of amides is 1. The predicted molar refractivity (Wildman–Crippen MR) is 96.6 cm³/mol. The van der Waals surface area contributed by atoms with Crippen LogP contribution in [0.2, 0.25) is 0 Å². The summed E-state index contributed by atoms with van der Waals surface area (Å²) in [6.45, 7) is 11.9. The quantitative estimate of drug-likeness (QED) is 0.847. The summed E-state index contributed by atoms with van der Waals surface area (Å²) < 4.78 is 1.84. The molecule has 0 spiro atoms. The molecule has 1 aromatic heterocycles. The van der Waals surface area contributed by atoms with Gasteiger partial charge in [-0.3, -0.25) is 4.79 Å². The first-order valence-electron chi connectivity index (χ1n) is 8.70. The number of benzene rings is 1. The van der Waals surface area contributed by atoms with Gasteiger partial charge in [-0.25, -0.2) is 4.98 Å². The van der Waals surface area contributed by atoms with Crippen LogP contribution in [0.1, 0.15) is 46.5 Å². The molecule has 0 radical (unpaired) electrons. The van der Waals surface area contributed by atoms with E-state index in [1.54, 1.807) is 6.92 Å². The summed E-state index contributed by atoms with van der Waals surface area (Å²) in [5, 5.41) is 10.0. The molecule has 0 aliphatic rings. The Morgan fingerprint density at radius 2 is 1.71 bits per heavy atom. The maximum atomic E-state index is 12.9. The van der Waals surface area contributed by atoms with Crippen LogP contribution in [0, 0.1) is 11.8 Å². The molecule has 0 unspecified atom stereocenters. The number of nitrogens with zero attached hydrogens (tertiary/aromatic N) is 3. The van der Waals surface area contributed by atoms with E-state index in [0.29, 0.717) is 17.7 Å². The Hall–Kier alpha value is -1.88. The Kier molecular flexibility index (Phi) is 5.99. The van der Waals surface area contributed by atoms with E-state index >= 15 is 0 Å². The Balaban J connectivity index is 2.32. The minimum absolute atomic E-state index is 0.0717.